The van der Waals surface area contributed by atoms with E-state index in [0.717, 1.165) is 18.2 Å². The van der Waals surface area contributed by atoms with Crippen LogP contribution in [0.4, 0.5) is 18.9 Å². The van der Waals surface area contributed by atoms with E-state index in [1.165, 1.54) is 19.2 Å². The number of methoxy groups -OCH3 is 1. The summed E-state index contributed by atoms with van der Waals surface area (Å²) in [5.74, 6) is 0.324. The van der Waals surface area contributed by atoms with E-state index in [9.17, 15) is 21.6 Å². The summed E-state index contributed by atoms with van der Waals surface area (Å²) in [6.45, 7) is 0. The highest BCUT2D eigenvalue weighted by Gasteiger charge is 2.31. The van der Waals surface area contributed by atoms with Crippen molar-refractivity contribution in [2.75, 3.05) is 11.8 Å². The highest BCUT2D eigenvalue weighted by atomic mass is 32.2. The molecular formula is C18H14F3N3O3S. The second-order valence-electron chi connectivity index (χ2n) is 5.67. The van der Waals surface area contributed by atoms with Crippen LogP contribution < -0.4 is 9.46 Å². The van der Waals surface area contributed by atoms with Gasteiger partial charge in [0.1, 0.15) is 0 Å². The zero-order valence-electron chi connectivity index (χ0n) is 14.4. The molecule has 0 atom stereocenters. The number of hydrogen-bond donors (Lipinski definition) is 1. The van der Waals surface area contributed by atoms with Gasteiger partial charge in [0.25, 0.3) is 10.0 Å². The van der Waals surface area contributed by atoms with Gasteiger partial charge in [-0.2, -0.15) is 13.2 Å². The van der Waals surface area contributed by atoms with Gasteiger partial charge in [0, 0.05) is 17.3 Å². The Bertz CT molecular complexity index is 1080. The van der Waals surface area contributed by atoms with Crippen molar-refractivity contribution in [3.8, 4) is 17.1 Å². The van der Waals surface area contributed by atoms with Gasteiger partial charge in [0.15, 0.2) is 0 Å². The van der Waals surface area contributed by atoms with Crippen LogP contribution in [-0.2, 0) is 16.2 Å². The minimum atomic E-state index is -4.64. The Labute approximate surface area is 159 Å². The lowest BCUT2D eigenvalue weighted by molar-refractivity contribution is -0.137. The molecule has 1 heterocycles. The Kier molecular flexibility index (Phi) is 5.23. The Morgan fingerprint density at radius 2 is 1.71 bits per heavy atom. The minimum absolute atomic E-state index is 0.174. The third-order valence-electron chi connectivity index (χ3n) is 3.73. The zero-order valence-corrected chi connectivity index (χ0v) is 15.3. The van der Waals surface area contributed by atoms with E-state index in [0.29, 0.717) is 23.2 Å². The minimum Gasteiger partial charge on any atom is -0.480 e. The summed E-state index contributed by atoms with van der Waals surface area (Å²) in [6.07, 6.45) is -4.64. The van der Waals surface area contributed by atoms with E-state index in [-0.39, 0.29) is 5.69 Å². The fourth-order valence-electron chi connectivity index (χ4n) is 2.38. The summed E-state index contributed by atoms with van der Waals surface area (Å²) in [5, 5.41) is 7.82. The van der Waals surface area contributed by atoms with E-state index in [4.69, 9.17) is 4.74 Å². The lowest BCUT2D eigenvalue weighted by Crippen LogP contribution is -2.14. The molecule has 0 amide bonds. The number of halogens is 3. The second kappa shape index (κ2) is 7.47. The maximum Gasteiger partial charge on any atom is 0.416 e. The number of nitrogens with one attached hydrogen (secondary N) is 1. The first-order valence-corrected chi connectivity index (χ1v) is 9.35. The summed E-state index contributed by atoms with van der Waals surface area (Å²) >= 11 is 0. The van der Waals surface area contributed by atoms with Crippen molar-refractivity contribution in [2.45, 2.75) is 11.1 Å². The number of nitrogens with zero attached hydrogens (tertiary/aromatic N) is 2. The van der Waals surface area contributed by atoms with Crippen LogP contribution in [-0.4, -0.2) is 25.7 Å². The van der Waals surface area contributed by atoms with E-state index >= 15 is 0 Å². The van der Waals surface area contributed by atoms with Gasteiger partial charge in [-0.05, 0) is 36.4 Å². The van der Waals surface area contributed by atoms with Crippen molar-refractivity contribution in [1.82, 2.24) is 10.2 Å². The van der Waals surface area contributed by atoms with Crippen molar-refractivity contribution in [1.29, 1.82) is 0 Å². The smallest absolute Gasteiger partial charge is 0.416 e. The molecule has 0 unspecified atom stereocenters. The molecule has 3 aromatic rings. The van der Waals surface area contributed by atoms with Gasteiger partial charge in [0.2, 0.25) is 5.88 Å². The third-order valence-corrected chi connectivity index (χ3v) is 5.11. The van der Waals surface area contributed by atoms with Crippen LogP contribution in [0.5, 0.6) is 5.88 Å². The third kappa shape index (κ3) is 4.39. The maximum absolute atomic E-state index is 12.8. The molecule has 0 aliphatic carbocycles. The van der Waals surface area contributed by atoms with Gasteiger partial charge in [-0.25, -0.2) is 8.42 Å². The average molecular weight is 409 g/mol. The van der Waals surface area contributed by atoms with Gasteiger partial charge in [-0.3, -0.25) is 4.72 Å². The maximum atomic E-state index is 12.8. The molecule has 0 saturated carbocycles. The quantitative estimate of drug-likeness (QED) is 0.690. The number of benzene rings is 2. The van der Waals surface area contributed by atoms with Crippen molar-refractivity contribution < 1.29 is 26.3 Å². The highest BCUT2D eigenvalue weighted by molar-refractivity contribution is 7.92. The van der Waals surface area contributed by atoms with Gasteiger partial charge < -0.3 is 4.74 Å². The fourth-order valence-corrected chi connectivity index (χ4v) is 3.47. The highest BCUT2D eigenvalue weighted by Crippen LogP contribution is 2.31. The number of sulfonamides is 1. The Morgan fingerprint density at radius 1 is 0.964 bits per heavy atom. The summed E-state index contributed by atoms with van der Waals surface area (Å²) in [4.78, 5) is -0.489. The van der Waals surface area contributed by atoms with E-state index in [1.54, 1.807) is 24.3 Å². The first-order valence-electron chi connectivity index (χ1n) is 7.87. The summed E-state index contributed by atoms with van der Waals surface area (Å²) in [5.41, 5.74) is 0.172. The fraction of sp³-hybridized carbons (Fsp3) is 0.111. The second-order valence-corrected chi connectivity index (χ2v) is 7.36. The predicted molar refractivity (Wildman–Crippen MR) is 96.3 cm³/mol. The normalized spacial score (nSPS) is 11.9. The van der Waals surface area contributed by atoms with Gasteiger partial charge in [-0.1, -0.05) is 18.2 Å². The molecular weight excluding hydrogens is 395 g/mol. The molecule has 0 saturated heterocycles. The number of aromatic nitrogens is 2. The number of ether oxygens (including phenoxy) is 1. The van der Waals surface area contributed by atoms with Gasteiger partial charge >= 0.3 is 6.18 Å². The molecule has 10 heteroatoms. The largest absolute Gasteiger partial charge is 0.480 e. The summed E-state index contributed by atoms with van der Waals surface area (Å²) < 4.78 is 70.7. The van der Waals surface area contributed by atoms with Crippen LogP contribution in [0.15, 0.2) is 65.6 Å². The van der Waals surface area contributed by atoms with Crippen LogP contribution in [0.3, 0.4) is 0 Å². The van der Waals surface area contributed by atoms with Crippen LogP contribution in [0.25, 0.3) is 11.3 Å². The molecule has 0 aliphatic rings. The molecule has 0 spiro atoms. The van der Waals surface area contributed by atoms with Gasteiger partial charge in [0.05, 0.1) is 23.3 Å². The van der Waals surface area contributed by atoms with Crippen LogP contribution >= 0.6 is 0 Å². The molecule has 1 aromatic heterocycles. The topological polar surface area (TPSA) is 81.2 Å². The molecule has 6 nitrogen and oxygen atoms in total. The molecule has 2 aromatic carbocycles. The number of rotatable bonds is 5. The standard InChI is InChI=1S/C18H14F3N3O3S/c1-27-17-9-8-16(22-23-17)12-4-2-6-14(10-12)24-28(25,26)15-7-3-5-13(11-15)18(19,20)21/h2-11,24H,1H3. The van der Waals surface area contributed by atoms with Crippen LogP contribution in [0, 0.1) is 0 Å². The first kappa shape index (κ1) is 19.6. The number of hydrogen-bond acceptors (Lipinski definition) is 5. The summed E-state index contributed by atoms with van der Waals surface area (Å²) in [7, 11) is -2.76. The van der Waals surface area contributed by atoms with Crippen molar-refractivity contribution in [3.63, 3.8) is 0 Å². The van der Waals surface area contributed by atoms with Gasteiger partial charge in [-0.15, -0.1) is 10.2 Å². The molecule has 0 fully saturated rings. The van der Waals surface area contributed by atoms with Crippen LogP contribution in [0.2, 0.25) is 0 Å². The average Bonchev–Trinajstić information content (AvgIpc) is 2.67. The van der Waals surface area contributed by atoms with E-state index in [2.05, 4.69) is 14.9 Å². The first-order chi connectivity index (χ1) is 13.2. The molecule has 0 bridgehead atoms. The predicted octanol–water partition coefficient (Wildman–Crippen LogP) is 3.97. The van der Waals surface area contributed by atoms with E-state index in [1.807, 2.05) is 0 Å². The van der Waals surface area contributed by atoms with Crippen LogP contribution in [0.1, 0.15) is 5.56 Å². The molecule has 146 valence electrons. The SMILES string of the molecule is COc1ccc(-c2cccc(NS(=O)(=O)c3cccc(C(F)(F)F)c3)c2)nn1. The molecule has 1 N–H and O–H groups in total. The van der Waals surface area contributed by atoms with E-state index < -0.39 is 26.7 Å². The molecule has 28 heavy (non-hydrogen) atoms. The number of anilines is 1. The number of alkyl halides is 3. The molecule has 0 aliphatic heterocycles. The molecule has 0 radical (unpaired) electrons. The van der Waals surface area contributed by atoms with Crippen molar-refractivity contribution >= 4 is 15.7 Å². The van der Waals surface area contributed by atoms with Crippen molar-refractivity contribution in [3.05, 3.63) is 66.2 Å². The Morgan fingerprint density at radius 3 is 2.36 bits per heavy atom. The monoisotopic (exact) mass is 409 g/mol. The van der Waals surface area contributed by atoms with Crippen molar-refractivity contribution in [2.24, 2.45) is 0 Å². The Balaban J connectivity index is 1.89. The lowest BCUT2D eigenvalue weighted by atomic mass is 10.1. The summed E-state index contributed by atoms with van der Waals surface area (Å²) in [6, 6.07) is 13.0. The Hall–Kier alpha value is -3.14. The zero-order chi connectivity index (χ0) is 20.4. The lowest BCUT2D eigenvalue weighted by Gasteiger charge is -2.12. The molecule has 3 rings (SSSR count).